The van der Waals surface area contributed by atoms with Crippen LogP contribution in [-0.2, 0) is 18.4 Å². The monoisotopic (exact) mass is 1030 g/mol. The lowest BCUT2D eigenvalue weighted by Crippen LogP contribution is -2.45. The second-order valence-corrected chi connectivity index (χ2v) is 22.8. The summed E-state index contributed by atoms with van der Waals surface area (Å²) in [5, 5.41) is 13.9. The van der Waals surface area contributed by atoms with E-state index >= 15 is 0 Å². The summed E-state index contributed by atoms with van der Waals surface area (Å²) in [6.07, 6.45) is 75.7. The van der Waals surface area contributed by atoms with E-state index in [2.05, 4.69) is 92.1 Å². The van der Waals surface area contributed by atoms with Crippen LogP contribution in [0.15, 0.2) is 85.1 Å². The number of allylic oxidation sites excluding steroid dienone is 13. The molecule has 9 heteroatoms. The number of hydrogen-bond donors (Lipinski definition) is 3. The molecular weight excluding hydrogens is 912 g/mol. The summed E-state index contributed by atoms with van der Waals surface area (Å²) in [6.45, 7) is 4.69. The first kappa shape index (κ1) is 69.7. The third-order valence-corrected chi connectivity index (χ3v) is 14.1. The largest absolute Gasteiger partial charge is 0.472 e. The van der Waals surface area contributed by atoms with E-state index in [0.29, 0.717) is 17.4 Å². The van der Waals surface area contributed by atoms with Gasteiger partial charge >= 0.3 is 7.82 Å². The number of aliphatic hydroxyl groups excluding tert-OH is 1. The SMILES string of the molecule is CC/C=C\C/C=C\C/C=C\C/C=C\C/C=C\C/C=C\CCCCCCCCCCCCCCCCCCCCCCC(=O)NC(COP(=O)(O)OCC[N+](C)(C)C)C(O)/C=C/CCCCCCCCCCC. The molecule has 8 nitrogen and oxygen atoms in total. The zero-order valence-corrected chi connectivity index (χ0v) is 48.5. The first-order valence-corrected chi connectivity index (χ1v) is 31.5. The highest BCUT2D eigenvalue weighted by Crippen LogP contribution is 2.43. The van der Waals surface area contributed by atoms with E-state index < -0.39 is 20.0 Å². The maximum atomic E-state index is 12.9. The third kappa shape index (κ3) is 55.4. The Hall–Kier alpha value is -2.32. The van der Waals surface area contributed by atoms with Crippen molar-refractivity contribution in [1.82, 2.24) is 5.32 Å². The molecule has 3 atom stereocenters. The fourth-order valence-corrected chi connectivity index (χ4v) is 9.19. The number of quaternary nitrogens is 1. The molecular formula is C63H116N2O6P+. The van der Waals surface area contributed by atoms with Gasteiger partial charge in [0, 0.05) is 6.42 Å². The van der Waals surface area contributed by atoms with Gasteiger partial charge in [-0.15, -0.1) is 0 Å². The predicted octanol–water partition coefficient (Wildman–Crippen LogP) is 18.4. The van der Waals surface area contributed by atoms with E-state index in [1.54, 1.807) is 6.08 Å². The third-order valence-electron chi connectivity index (χ3n) is 13.1. The van der Waals surface area contributed by atoms with Gasteiger partial charge in [0.05, 0.1) is 39.9 Å². The summed E-state index contributed by atoms with van der Waals surface area (Å²) in [6, 6.07) is -0.846. The van der Waals surface area contributed by atoms with Crippen LogP contribution in [0.5, 0.6) is 0 Å². The Balaban J connectivity index is 3.91. The molecule has 3 unspecified atom stereocenters. The van der Waals surface area contributed by atoms with Gasteiger partial charge in [0.25, 0.3) is 0 Å². The molecule has 0 fully saturated rings. The lowest BCUT2D eigenvalue weighted by molar-refractivity contribution is -0.870. The molecule has 0 aliphatic heterocycles. The van der Waals surface area contributed by atoms with Crippen molar-refractivity contribution in [2.45, 2.75) is 270 Å². The molecule has 0 saturated heterocycles. The van der Waals surface area contributed by atoms with Crippen LogP contribution >= 0.6 is 7.82 Å². The Morgan fingerprint density at radius 3 is 1.22 bits per heavy atom. The average Bonchev–Trinajstić information content (AvgIpc) is 3.34. The zero-order valence-electron chi connectivity index (χ0n) is 47.7. The van der Waals surface area contributed by atoms with Gasteiger partial charge in [-0.1, -0.05) is 266 Å². The van der Waals surface area contributed by atoms with Gasteiger partial charge < -0.3 is 19.8 Å². The maximum absolute atomic E-state index is 12.9. The van der Waals surface area contributed by atoms with Crippen LogP contribution in [0.3, 0.4) is 0 Å². The summed E-state index contributed by atoms with van der Waals surface area (Å²) >= 11 is 0. The number of likely N-dealkylation sites (N-methyl/N-ethyl adjacent to an activating group) is 1. The summed E-state index contributed by atoms with van der Waals surface area (Å²) in [5.41, 5.74) is 0. The number of rotatable bonds is 54. The van der Waals surface area contributed by atoms with Gasteiger partial charge in [0.15, 0.2) is 0 Å². The number of carbonyl (C=O) groups excluding carboxylic acids is 1. The fourth-order valence-electron chi connectivity index (χ4n) is 8.46. The molecule has 0 radical (unpaired) electrons. The molecule has 0 heterocycles. The van der Waals surface area contributed by atoms with Crippen molar-refractivity contribution >= 4 is 13.7 Å². The van der Waals surface area contributed by atoms with Gasteiger partial charge in [-0.25, -0.2) is 4.57 Å². The van der Waals surface area contributed by atoms with Crippen molar-refractivity contribution in [3.8, 4) is 0 Å². The summed E-state index contributed by atoms with van der Waals surface area (Å²) in [7, 11) is 1.57. The van der Waals surface area contributed by atoms with E-state index in [0.717, 1.165) is 77.0 Å². The van der Waals surface area contributed by atoms with Crippen molar-refractivity contribution < 1.29 is 32.9 Å². The molecule has 0 saturated carbocycles. The van der Waals surface area contributed by atoms with Crippen molar-refractivity contribution in [1.29, 1.82) is 0 Å². The van der Waals surface area contributed by atoms with Gasteiger partial charge in [0.1, 0.15) is 13.2 Å². The molecule has 1 amide bonds. The first-order chi connectivity index (χ1) is 35.0. The summed E-state index contributed by atoms with van der Waals surface area (Å²) in [5.74, 6) is -0.177. The number of amides is 1. The molecule has 0 bridgehead atoms. The normalized spacial score (nSPS) is 14.5. The van der Waals surface area contributed by atoms with Crippen LogP contribution in [0.4, 0.5) is 0 Å². The summed E-state index contributed by atoms with van der Waals surface area (Å²) < 4.78 is 23.6. The highest BCUT2D eigenvalue weighted by molar-refractivity contribution is 7.47. The number of nitrogens with one attached hydrogen (secondary N) is 1. The standard InChI is InChI=1S/C63H115N2O6P/c1-6-8-10-12-14-16-18-19-20-21-22-23-24-25-26-27-28-29-30-31-32-33-34-35-36-37-38-39-40-41-42-43-44-45-47-49-51-53-55-57-63(67)64-61(60-71-72(68,69)70-59-58-65(3,4)5)62(66)56-54-52-50-48-46-17-15-13-11-9-7-2/h8,10,14,16,19-20,22-23,25-26,28-29,54,56,61-62,66H,6-7,9,11-13,15,17-18,21,24,27,30-53,55,57-60H2,1-5H3,(H-,64,67,68,69)/p+1/b10-8-,16-14-,20-19-,23-22-,26-25-,29-28-,56-54+. The number of nitrogens with zero attached hydrogens (tertiary/aromatic N) is 1. The number of carbonyl (C=O) groups is 1. The topological polar surface area (TPSA) is 105 Å². The quantitative estimate of drug-likeness (QED) is 0.0243. The first-order valence-electron chi connectivity index (χ1n) is 30.0. The molecule has 0 aliphatic carbocycles. The van der Waals surface area contributed by atoms with Crippen LogP contribution in [0.1, 0.15) is 258 Å². The van der Waals surface area contributed by atoms with Crippen LogP contribution in [0, 0.1) is 0 Å². The van der Waals surface area contributed by atoms with E-state index in [4.69, 9.17) is 9.05 Å². The van der Waals surface area contributed by atoms with Crippen LogP contribution < -0.4 is 5.32 Å². The lowest BCUT2D eigenvalue weighted by Gasteiger charge is -2.25. The zero-order chi connectivity index (χ0) is 52.7. The predicted molar refractivity (Wildman–Crippen MR) is 313 cm³/mol. The van der Waals surface area contributed by atoms with Crippen molar-refractivity contribution in [2.75, 3.05) is 40.9 Å². The minimum atomic E-state index is -4.34. The molecule has 3 N–H and O–H groups in total. The maximum Gasteiger partial charge on any atom is 0.472 e. The van der Waals surface area contributed by atoms with E-state index in [-0.39, 0.29) is 19.1 Å². The second kappa shape index (κ2) is 53.5. The molecule has 72 heavy (non-hydrogen) atoms. The Morgan fingerprint density at radius 1 is 0.486 bits per heavy atom. The Kier molecular flexibility index (Phi) is 51.8. The number of hydrogen-bond acceptors (Lipinski definition) is 5. The van der Waals surface area contributed by atoms with E-state index in [9.17, 15) is 19.4 Å². The molecule has 0 rings (SSSR count). The average molecular weight is 1030 g/mol. The van der Waals surface area contributed by atoms with Gasteiger partial charge in [-0.3, -0.25) is 13.8 Å². The van der Waals surface area contributed by atoms with Crippen LogP contribution in [0.2, 0.25) is 0 Å². The number of unbranched alkanes of at least 4 members (excludes halogenated alkanes) is 29. The number of phosphoric acid groups is 1. The van der Waals surface area contributed by atoms with E-state index in [1.807, 2.05) is 27.2 Å². The molecule has 0 aromatic carbocycles. The minimum absolute atomic E-state index is 0.0606. The van der Waals surface area contributed by atoms with Crippen LogP contribution in [-0.4, -0.2) is 73.4 Å². The minimum Gasteiger partial charge on any atom is -0.387 e. The van der Waals surface area contributed by atoms with Crippen LogP contribution in [0.25, 0.3) is 0 Å². The second-order valence-electron chi connectivity index (χ2n) is 21.3. The molecule has 0 aromatic heterocycles. The van der Waals surface area contributed by atoms with Gasteiger partial charge in [-0.05, 0) is 70.6 Å². The van der Waals surface area contributed by atoms with Gasteiger partial charge in [-0.2, -0.15) is 0 Å². The van der Waals surface area contributed by atoms with E-state index in [1.165, 1.54) is 161 Å². The molecule has 0 spiro atoms. The fraction of sp³-hybridized carbons (Fsp3) is 0.762. The van der Waals surface area contributed by atoms with Gasteiger partial charge in [0.2, 0.25) is 5.91 Å². The van der Waals surface area contributed by atoms with Crippen molar-refractivity contribution in [3.63, 3.8) is 0 Å². The molecule has 0 aromatic rings. The highest BCUT2D eigenvalue weighted by Gasteiger charge is 2.27. The number of phosphoric ester groups is 1. The Morgan fingerprint density at radius 2 is 0.833 bits per heavy atom. The Labute approximate surface area is 446 Å². The summed E-state index contributed by atoms with van der Waals surface area (Å²) in [4.78, 5) is 23.2. The smallest absolute Gasteiger partial charge is 0.387 e. The van der Waals surface area contributed by atoms with Crippen molar-refractivity contribution in [2.24, 2.45) is 0 Å². The highest BCUT2D eigenvalue weighted by atomic mass is 31.2. The van der Waals surface area contributed by atoms with Crippen molar-refractivity contribution in [3.05, 3.63) is 85.1 Å². The number of aliphatic hydroxyl groups is 1. The molecule has 418 valence electrons. The lowest BCUT2D eigenvalue weighted by atomic mass is 10.0. The Bertz CT molecular complexity index is 1450. The molecule has 0 aliphatic rings.